The number of nitrogens with zero attached hydrogens (tertiary/aromatic N) is 1. The van der Waals surface area contributed by atoms with E-state index in [2.05, 4.69) is 42.2 Å². The highest BCUT2D eigenvalue weighted by molar-refractivity contribution is 7.90. The fraction of sp³-hybridized carbons (Fsp3) is 0.514. The van der Waals surface area contributed by atoms with E-state index >= 15 is 0 Å². The Morgan fingerprint density at radius 1 is 1.02 bits per heavy atom. The molecule has 3 aliphatic rings. The number of rotatable bonds is 10. The first kappa shape index (κ1) is 28.6. The summed E-state index contributed by atoms with van der Waals surface area (Å²) < 4.78 is 18.4. The molecule has 5 nitrogen and oxygen atoms in total. The van der Waals surface area contributed by atoms with Gasteiger partial charge in [0.2, 0.25) is 0 Å². The lowest BCUT2D eigenvalue weighted by Crippen LogP contribution is -2.47. The maximum absolute atomic E-state index is 12.3. The molecule has 0 amide bonds. The van der Waals surface area contributed by atoms with Crippen LogP contribution in [0.1, 0.15) is 86.1 Å². The number of aromatic nitrogens is 1. The van der Waals surface area contributed by atoms with Gasteiger partial charge in [0.25, 0.3) is 0 Å². The minimum absolute atomic E-state index is 0.0449. The molecule has 2 N–H and O–H groups in total. The Morgan fingerprint density at radius 2 is 1.88 bits per heavy atom. The van der Waals surface area contributed by atoms with E-state index in [0.29, 0.717) is 47.5 Å². The van der Waals surface area contributed by atoms with Crippen LogP contribution in [-0.4, -0.2) is 38.2 Å². The van der Waals surface area contributed by atoms with Gasteiger partial charge in [0, 0.05) is 6.20 Å². The molecule has 1 aromatic heterocycles. The van der Waals surface area contributed by atoms with E-state index in [-0.39, 0.29) is 11.5 Å². The van der Waals surface area contributed by atoms with Gasteiger partial charge in [-0.05, 0) is 145 Å². The summed E-state index contributed by atoms with van der Waals surface area (Å²) in [6.07, 6.45) is 9.53. The van der Waals surface area contributed by atoms with Gasteiger partial charge in [0.1, 0.15) is 23.0 Å². The molecule has 3 aliphatic carbocycles. The number of aromatic hydroxyl groups is 1. The summed E-state index contributed by atoms with van der Waals surface area (Å²) in [5.41, 5.74) is 4.85. The van der Waals surface area contributed by atoms with E-state index in [1.54, 1.807) is 6.20 Å². The second kappa shape index (κ2) is 12.4. The third-order valence-corrected chi connectivity index (χ3v) is 11.7. The van der Waals surface area contributed by atoms with Crippen LogP contribution in [0.15, 0.2) is 66.9 Å². The molecule has 0 aliphatic heterocycles. The third kappa shape index (κ3) is 6.02. The summed E-state index contributed by atoms with van der Waals surface area (Å²) in [5.74, 6) is 4.33. The lowest BCUT2D eigenvalue weighted by atomic mass is 9.51. The van der Waals surface area contributed by atoms with Crippen molar-refractivity contribution < 1.29 is 19.5 Å². The van der Waals surface area contributed by atoms with Crippen LogP contribution in [0.3, 0.4) is 0 Å². The highest BCUT2D eigenvalue weighted by Gasteiger charge is 2.57. The third-order valence-electron chi connectivity index (χ3n) is 10.3. The van der Waals surface area contributed by atoms with Gasteiger partial charge >= 0.3 is 0 Å². The number of pyridine rings is 1. The van der Waals surface area contributed by atoms with Gasteiger partial charge in [-0.3, -0.25) is 4.98 Å². The number of aryl methyl sites for hydroxylation is 1. The van der Waals surface area contributed by atoms with Crippen molar-refractivity contribution in [3.8, 4) is 11.5 Å². The first-order valence-electron chi connectivity index (χ1n) is 15.4. The van der Waals surface area contributed by atoms with E-state index in [9.17, 15) is 14.8 Å². The van der Waals surface area contributed by atoms with Crippen LogP contribution in [0.5, 0.6) is 11.5 Å². The first-order valence-corrected chi connectivity index (χ1v) is 16.9. The molecule has 0 radical (unpaired) electrons. The topological polar surface area (TPSA) is 85.6 Å². The summed E-state index contributed by atoms with van der Waals surface area (Å²) in [7, 11) is 0. The molecule has 0 saturated heterocycles. The number of hydrogen-bond acceptors (Lipinski definition) is 5. The average molecular weight is 574 g/mol. The second-order valence-corrected chi connectivity index (χ2v) is 14.3. The van der Waals surface area contributed by atoms with E-state index < -0.39 is 11.2 Å². The quantitative estimate of drug-likeness (QED) is 0.204. The van der Waals surface area contributed by atoms with Crippen LogP contribution < -0.4 is 4.74 Å². The number of phenolic OH excluding ortho intramolecular Hbond substituents is 1. The number of hydrogen-bond donors (Lipinski definition) is 2. The fourth-order valence-corrected chi connectivity index (χ4v) is 9.43. The van der Waals surface area contributed by atoms with Crippen molar-refractivity contribution in [2.24, 2.45) is 17.3 Å². The second-order valence-electron chi connectivity index (χ2n) is 12.7. The van der Waals surface area contributed by atoms with Crippen molar-refractivity contribution in [2.75, 3.05) is 12.4 Å². The van der Waals surface area contributed by atoms with Gasteiger partial charge in [0.15, 0.2) is 0 Å². The van der Waals surface area contributed by atoms with Crippen molar-refractivity contribution in [3.63, 3.8) is 0 Å². The Hall–Kier alpha value is -2.54. The lowest BCUT2D eigenvalue weighted by Gasteiger charge is -2.54. The molecule has 0 bridgehead atoms. The van der Waals surface area contributed by atoms with Gasteiger partial charge in [-0.15, -0.1) is 0 Å². The van der Waals surface area contributed by atoms with Crippen molar-refractivity contribution in [1.82, 2.24) is 4.98 Å². The Labute approximate surface area is 247 Å². The smallest absolute Gasteiger partial charge is 0.147 e. The summed E-state index contributed by atoms with van der Waals surface area (Å²) in [5, 5.41) is 21.3. The first-order chi connectivity index (χ1) is 19.9. The van der Waals surface area contributed by atoms with Crippen LogP contribution in [0.25, 0.3) is 0 Å². The summed E-state index contributed by atoms with van der Waals surface area (Å²) in [6, 6.07) is 20.4. The predicted molar refractivity (Wildman–Crippen MR) is 164 cm³/mol. The van der Waals surface area contributed by atoms with Gasteiger partial charge in [-0.2, -0.15) is 0 Å². The Bertz CT molecular complexity index is 1300. The molecule has 3 aromatic rings. The van der Waals surface area contributed by atoms with Crippen LogP contribution in [-0.2, 0) is 23.3 Å². The average Bonchev–Trinajstić information content (AvgIpc) is 3.28. The summed E-state index contributed by atoms with van der Waals surface area (Å²) in [4.78, 5) is 4.27. The highest BCUT2D eigenvalue weighted by atomic mass is 32.2. The van der Waals surface area contributed by atoms with Crippen molar-refractivity contribution in [3.05, 3.63) is 89.2 Å². The number of phenols is 1. The zero-order valence-electron chi connectivity index (χ0n) is 24.1. The number of unbranched alkanes of at least 4 members (excludes halogenated alkanes) is 2. The van der Waals surface area contributed by atoms with Gasteiger partial charge in [-0.1, -0.05) is 31.2 Å². The molecule has 1 unspecified atom stereocenters. The van der Waals surface area contributed by atoms with Crippen LogP contribution in [0, 0.1) is 17.3 Å². The van der Waals surface area contributed by atoms with Crippen molar-refractivity contribution in [2.45, 2.75) is 82.0 Å². The number of ether oxygens (including phenoxy) is 1. The fourth-order valence-electron chi connectivity index (χ4n) is 8.26. The maximum Gasteiger partial charge on any atom is 0.147 e. The number of aliphatic hydroxyl groups is 1. The molecule has 6 rings (SSSR count). The molecular weight excluding hydrogens is 530 g/mol. The molecule has 0 spiro atoms. The molecule has 1 heterocycles. The Morgan fingerprint density at radius 3 is 2.68 bits per heavy atom. The van der Waals surface area contributed by atoms with Gasteiger partial charge in [0.05, 0.1) is 18.4 Å². The Balaban J connectivity index is 1.07. The number of benzene rings is 2. The van der Waals surface area contributed by atoms with Gasteiger partial charge in [-0.25, -0.2) is 0 Å². The highest BCUT2D eigenvalue weighted by Crippen LogP contribution is 2.65. The SMILES string of the molecule is C[C@]12C[C@H](c3ccc(OCCCCC[S+]([O-])Cc4ccccn4)cc3)[C@@H]3c4ccc(O)cc4CC[C@H]3[C@@H]1CC[C@@H]2O. The molecule has 41 heavy (non-hydrogen) atoms. The van der Waals surface area contributed by atoms with Crippen LogP contribution in [0.2, 0.25) is 0 Å². The normalized spacial score (nSPS) is 29.3. The number of aliphatic hydroxyl groups excluding tert-OH is 1. The summed E-state index contributed by atoms with van der Waals surface area (Å²) in [6.45, 7) is 2.99. The largest absolute Gasteiger partial charge is 0.616 e. The van der Waals surface area contributed by atoms with E-state index in [0.717, 1.165) is 62.8 Å². The van der Waals surface area contributed by atoms with E-state index in [1.807, 2.05) is 30.3 Å². The predicted octanol–water partition coefficient (Wildman–Crippen LogP) is 6.90. The van der Waals surface area contributed by atoms with Crippen LogP contribution >= 0.6 is 0 Å². The maximum atomic E-state index is 12.3. The monoisotopic (exact) mass is 573 g/mol. The molecule has 218 valence electrons. The molecule has 2 fully saturated rings. The molecule has 2 aromatic carbocycles. The van der Waals surface area contributed by atoms with E-state index in [1.165, 1.54) is 16.7 Å². The molecule has 2 saturated carbocycles. The molecular formula is C35H43NO4S. The lowest BCUT2D eigenvalue weighted by molar-refractivity contribution is -0.0323. The molecule has 7 atom stereocenters. The summed E-state index contributed by atoms with van der Waals surface area (Å²) >= 11 is -0.874. The number of fused-ring (bicyclic) bond motifs is 5. The standard InChI is InChI=1S/C35H43NO4S/c1-35-22-31(34-29-15-11-27(37)21-25(29)10-14-30(34)32(35)16-17-33(35)38)24-8-12-28(13-9-24)40-19-5-2-6-20-41(39)23-26-7-3-4-18-36-26/h3-4,7-9,11-13,15,18,21,30-34,37-38H,2,5-6,10,14,16-17,19-20,22-23H2,1H3/t30-,31+,32-,33-,34+,35-,41?/m0/s1. The Kier molecular flexibility index (Phi) is 8.62. The van der Waals surface area contributed by atoms with Crippen LogP contribution in [0.4, 0.5) is 0 Å². The van der Waals surface area contributed by atoms with Crippen molar-refractivity contribution >= 4 is 11.2 Å². The van der Waals surface area contributed by atoms with Gasteiger partial charge < -0.3 is 19.5 Å². The van der Waals surface area contributed by atoms with Crippen molar-refractivity contribution in [1.29, 1.82) is 0 Å². The van der Waals surface area contributed by atoms with E-state index in [4.69, 9.17) is 4.74 Å². The minimum atomic E-state index is -0.874. The zero-order chi connectivity index (χ0) is 28.4. The minimum Gasteiger partial charge on any atom is -0.616 e. The zero-order valence-corrected chi connectivity index (χ0v) is 24.9. The molecule has 6 heteroatoms.